The van der Waals surface area contributed by atoms with E-state index in [2.05, 4.69) is 9.97 Å². The van der Waals surface area contributed by atoms with Crippen molar-refractivity contribution in [1.29, 1.82) is 0 Å². The molecule has 0 fully saturated rings. The highest BCUT2D eigenvalue weighted by atomic mass is 35.5. The highest BCUT2D eigenvalue weighted by molar-refractivity contribution is 6.43. The van der Waals surface area contributed by atoms with Crippen LogP contribution in [0.2, 0.25) is 10.0 Å². The molecule has 0 atom stereocenters. The van der Waals surface area contributed by atoms with Crippen LogP contribution in [0.25, 0.3) is 22.5 Å². The van der Waals surface area contributed by atoms with E-state index < -0.39 is 0 Å². The molecule has 1 aromatic heterocycles. The van der Waals surface area contributed by atoms with Crippen molar-refractivity contribution in [2.75, 3.05) is 0 Å². The summed E-state index contributed by atoms with van der Waals surface area (Å²) in [4.78, 5) is 9.26. The summed E-state index contributed by atoms with van der Waals surface area (Å²) in [6.07, 6.45) is 0. The third-order valence-corrected chi connectivity index (χ3v) is 4.78. The second kappa shape index (κ2) is 7.50. The van der Waals surface area contributed by atoms with Crippen LogP contribution in [0.4, 0.5) is 0 Å². The minimum absolute atomic E-state index is 0.230. The van der Waals surface area contributed by atoms with E-state index in [1.807, 2.05) is 43.3 Å². The zero-order chi connectivity index (χ0) is 18.0. The Morgan fingerprint density at radius 2 is 1.72 bits per heavy atom. The number of aliphatic hydroxyl groups is 1. The predicted molar refractivity (Wildman–Crippen MR) is 101 cm³/mol. The SMILES string of the molecule is Cc1nc(-c2ccc(CN)cc2)c(CO)nc1-c1cccc(Cl)c1Cl. The highest BCUT2D eigenvalue weighted by Gasteiger charge is 2.16. The number of aromatic nitrogens is 2. The number of hydrogen-bond acceptors (Lipinski definition) is 4. The molecular weight excluding hydrogens is 357 g/mol. The van der Waals surface area contributed by atoms with E-state index in [4.69, 9.17) is 28.9 Å². The minimum atomic E-state index is -0.230. The van der Waals surface area contributed by atoms with Crippen LogP contribution in [-0.2, 0) is 13.2 Å². The Morgan fingerprint density at radius 1 is 1.00 bits per heavy atom. The van der Waals surface area contributed by atoms with E-state index in [1.165, 1.54) is 0 Å². The predicted octanol–water partition coefficient (Wildman–Crippen LogP) is 4.38. The molecular formula is C19H17Cl2N3O. The van der Waals surface area contributed by atoms with Gasteiger partial charge in [-0.25, -0.2) is 9.97 Å². The second-order valence-corrected chi connectivity index (χ2v) is 6.40. The molecule has 0 saturated heterocycles. The molecule has 2 aromatic carbocycles. The monoisotopic (exact) mass is 373 g/mol. The summed E-state index contributed by atoms with van der Waals surface area (Å²) in [6, 6.07) is 13.1. The third-order valence-electron chi connectivity index (χ3n) is 3.96. The smallest absolute Gasteiger partial charge is 0.0945 e. The fourth-order valence-electron chi connectivity index (χ4n) is 2.64. The minimum Gasteiger partial charge on any atom is -0.390 e. The van der Waals surface area contributed by atoms with Crippen LogP contribution in [0.1, 0.15) is 17.0 Å². The first kappa shape index (κ1) is 17.8. The lowest BCUT2D eigenvalue weighted by atomic mass is 10.0. The van der Waals surface area contributed by atoms with Crippen molar-refractivity contribution in [1.82, 2.24) is 9.97 Å². The molecule has 25 heavy (non-hydrogen) atoms. The summed E-state index contributed by atoms with van der Waals surface area (Å²) in [5.41, 5.74) is 10.7. The van der Waals surface area contributed by atoms with Crippen LogP contribution in [0.5, 0.6) is 0 Å². The fourth-order valence-corrected chi connectivity index (χ4v) is 3.03. The van der Waals surface area contributed by atoms with Crippen molar-refractivity contribution in [2.45, 2.75) is 20.1 Å². The molecule has 1 heterocycles. The summed E-state index contributed by atoms with van der Waals surface area (Å²) in [6.45, 7) is 2.11. The van der Waals surface area contributed by atoms with Crippen LogP contribution in [0, 0.1) is 6.92 Å². The average Bonchev–Trinajstić information content (AvgIpc) is 2.64. The lowest BCUT2D eigenvalue weighted by Gasteiger charge is -2.13. The Bertz CT molecular complexity index is 911. The van der Waals surface area contributed by atoms with Gasteiger partial charge in [0, 0.05) is 17.7 Å². The first-order valence-electron chi connectivity index (χ1n) is 7.77. The molecule has 4 nitrogen and oxygen atoms in total. The van der Waals surface area contributed by atoms with Crippen LogP contribution < -0.4 is 5.73 Å². The highest BCUT2D eigenvalue weighted by Crippen LogP contribution is 2.35. The number of hydrogen-bond donors (Lipinski definition) is 2. The lowest BCUT2D eigenvalue weighted by molar-refractivity contribution is 0.277. The number of nitrogens with two attached hydrogens (primary N) is 1. The molecule has 6 heteroatoms. The molecule has 3 aromatic rings. The van der Waals surface area contributed by atoms with Gasteiger partial charge in [0.15, 0.2) is 0 Å². The Kier molecular flexibility index (Phi) is 5.35. The van der Waals surface area contributed by atoms with E-state index >= 15 is 0 Å². The first-order valence-corrected chi connectivity index (χ1v) is 8.53. The van der Waals surface area contributed by atoms with E-state index in [-0.39, 0.29) is 6.61 Å². The molecule has 128 valence electrons. The molecule has 3 N–H and O–H groups in total. The third kappa shape index (κ3) is 3.53. The number of halogens is 2. The molecule has 3 rings (SSSR count). The zero-order valence-electron chi connectivity index (χ0n) is 13.6. The van der Waals surface area contributed by atoms with Gasteiger partial charge in [-0.2, -0.15) is 0 Å². The standard InChI is InChI=1S/C19H17Cl2N3O/c1-11-18(14-3-2-4-15(20)17(14)21)24-16(10-25)19(23-11)13-7-5-12(9-22)6-8-13/h2-8,25H,9-10,22H2,1H3. The Balaban J connectivity index is 2.14. The number of aliphatic hydroxyl groups excluding tert-OH is 1. The number of benzene rings is 2. The molecule has 0 radical (unpaired) electrons. The van der Waals surface area contributed by atoms with Gasteiger partial charge in [0.25, 0.3) is 0 Å². The quantitative estimate of drug-likeness (QED) is 0.711. The molecule has 0 aliphatic heterocycles. The molecule has 0 bridgehead atoms. The second-order valence-electron chi connectivity index (χ2n) is 5.61. The van der Waals surface area contributed by atoms with Crippen molar-refractivity contribution in [3.63, 3.8) is 0 Å². The molecule has 0 spiro atoms. The summed E-state index contributed by atoms with van der Waals surface area (Å²) in [5, 5.41) is 10.7. The van der Waals surface area contributed by atoms with Crippen molar-refractivity contribution in [2.24, 2.45) is 5.73 Å². The van der Waals surface area contributed by atoms with Gasteiger partial charge in [-0.3, -0.25) is 0 Å². The maximum atomic E-state index is 9.79. The largest absolute Gasteiger partial charge is 0.390 e. The van der Waals surface area contributed by atoms with Crippen LogP contribution in [0.15, 0.2) is 42.5 Å². The van der Waals surface area contributed by atoms with E-state index in [1.54, 1.807) is 6.07 Å². The molecule has 0 saturated carbocycles. The van der Waals surface area contributed by atoms with Crippen molar-refractivity contribution in [3.05, 3.63) is 69.5 Å². The molecule has 0 amide bonds. The van der Waals surface area contributed by atoms with Gasteiger partial charge in [0.1, 0.15) is 0 Å². The molecule has 0 aliphatic carbocycles. The maximum absolute atomic E-state index is 9.79. The van der Waals surface area contributed by atoms with Crippen molar-refractivity contribution < 1.29 is 5.11 Å². The fraction of sp³-hybridized carbons (Fsp3) is 0.158. The van der Waals surface area contributed by atoms with Crippen molar-refractivity contribution in [3.8, 4) is 22.5 Å². The Labute approximate surface area is 156 Å². The van der Waals surface area contributed by atoms with Gasteiger partial charge >= 0.3 is 0 Å². The van der Waals surface area contributed by atoms with Crippen molar-refractivity contribution >= 4 is 23.2 Å². The summed E-state index contributed by atoms with van der Waals surface area (Å²) in [5.74, 6) is 0. The van der Waals surface area contributed by atoms with E-state index in [0.717, 1.165) is 11.1 Å². The molecule has 0 unspecified atom stereocenters. The number of aryl methyl sites for hydroxylation is 1. The Hall–Kier alpha value is -1.98. The summed E-state index contributed by atoms with van der Waals surface area (Å²) >= 11 is 12.4. The van der Waals surface area contributed by atoms with Gasteiger partial charge < -0.3 is 10.8 Å². The lowest BCUT2D eigenvalue weighted by Crippen LogP contribution is -2.03. The van der Waals surface area contributed by atoms with Gasteiger partial charge in [0.05, 0.1) is 39.4 Å². The van der Waals surface area contributed by atoms with Crippen LogP contribution in [0.3, 0.4) is 0 Å². The van der Waals surface area contributed by atoms with Crippen LogP contribution >= 0.6 is 23.2 Å². The van der Waals surface area contributed by atoms with Gasteiger partial charge in [-0.1, -0.05) is 59.6 Å². The topological polar surface area (TPSA) is 72.0 Å². The zero-order valence-corrected chi connectivity index (χ0v) is 15.1. The first-order chi connectivity index (χ1) is 12.0. The Morgan fingerprint density at radius 3 is 2.36 bits per heavy atom. The average molecular weight is 374 g/mol. The normalized spacial score (nSPS) is 10.9. The van der Waals surface area contributed by atoms with Gasteiger partial charge in [-0.15, -0.1) is 0 Å². The van der Waals surface area contributed by atoms with Gasteiger partial charge in [-0.05, 0) is 18.6 Å². The summed E-state index contributed by atoms with van der Waals surface area (Å²) in [7, 11) is 0. The van der Waals surface area contributed by atoms with E-state index in [0.29, 0.717) is 44.9 Å². The number of rotatable bonds is 4. The maximum Gasteiger partial charge on any atom is 0.0945 e. The van der Waals surface area contributed by atoms with Gasteiger partial charge in [0.2, 0.25) is 0 Å². The van der Waals surface area contributed by atoms with Crippen LogP contribution in [-0.4, -0.2) is 15.1 Å². The van der Waals surface area contributed by atoms with E-state index in [9.17, 15) is 5.11 Å². The summed E-state index contributed by atoms with van der Waals surface area (Å²) < 4.78 is 0. The molecule has 0 aliphatic rings. The number of nitrogens with zero attached hydrogens (tertiary/aromatic N) is 2.